The van der Waals surface area contributed by atoms with E-state index in [9.17, 15) is 4.57 Å². The zero-order valence-corrected chi connectivity index (χ0v) is 6.59. The van der Waals surface area contributed by atoms with Crippen LogP contribution in [0.25, 0.3) is 0 Å². The Kier molecular flexibility index (Phi) is 4.09. The van der Waals surface area contributed by atoms with Gasteiger partial charge in [-0.05, 0) is 0 Å². The summed E-state index contributed by atoms with van der Waals surface area (Å²) in [7, 11) is -2.58. The van der Waals surface area contributed by atoms with Gasteiger partial charge in [-0.15, -0.1) is 23.2 Å². The van der Waals surface area contributed by atoms with Gasteiger partial charge in [0.15, 0.2) is 0 Å². The Balaban J connectivity index is 3.79. The van der Waals surface area contributed by atoms with Gasteiger partial charge in [-0.1, -0.05) is 0 Å². The van der Waals surface area contributed by atoms with Crippen LogP contribution in [0.2, 0.25) is 0 Å². The van der Waals surface area contributed by atoms with Crippen molar-refractivity contribution in [2.75, 3.05) is 17.6 Å². The normalized spacial score (nSPS) is 11.9. The van der Waals surface area contributed by atoms with Crippen molar-refractivity contribution in [2.45, 2.75) is 0 Å². The number of aliphatic hydroxyl groups is 1. The van der Waals surface area contributed by atoms with E-state index in [0.29, 0.717) is 0 Å². The first-order valence-corrected chi connectivity index (χ1v) is 5.31. The summed E-state index contributed by atoms with van der Waals surface area (Å²) in [6, 6.07) is 0. The molecule has 0 aliphatic heterocycles. The van der Waals surface area contributed by atoms with Crippen molar-refractivity contribution in [3.05, 3.63) is 0 Å². The predicted octanol–water partition coefficient (Wildman–Crippen LogP) is 1.69. The molecule has 50 valence electrons. The van der Waals surface area contributed by atoms with Gasteiger partial charge in [-0.3, -0.25) is 0 Å². The molecule has 0 aromatic rings. The second-order valence-corrected chi connectivity index (χ2v) is 5.75. The van der Waals surface area contributed by atoms with Crippen molar-refractivity contribution in [1.29, 1.82) is 0 Å². The Hall–Kier alpha value is 0.770. The molecule has 0 rings (SSSR count). The first-order chi connectivity index (χ1) is 3.68. The molecule has 1 N–H and O–H groups in total. The molecule has 0 aliphatic rings. The molecule has 2 nitrogen and oxygen atoms in total. The highest BCUT2D eigenvalue weighted by molar-refractivity contribution is 7.66. The zero-order chi connectivity index (χ0) is 6.62. The van der Waals surface area contributed by atoms with Crippen LogP contribution in [0.5, 0.6) is 0 Å². The second-order valence-electron chi connectivity index (χ2n) is 1.44. The van der Waals surface area contributed by atoms with E-state index in [-0.39, 0.29) is 17.6 Å². The third-order valence-corrected chi connectivity index (χ3v) is 4.69. The molecule has 0 aliphatic carbocycles. The van der Waals surface area contributed by atoms with Gasteiger partial charge in [-0.2, -0.15) is 0 Å². The summed E-state index contributed by atoms with van der Waals surface area (Å²) in [6.45, 7) is 0. The quantitative estimate of drug-likeness (QED) is 0.526. The van der Waals surface area contributed by atoms with Crippen LogP contribution in [-0.4, -0.2) is 22.7 Å². The lowest BCUT2D eigenvalue weighted by molar-refractivity contribution is 0.359. The fourth-order valence-electron chi connectivity index (χ4n) is 0.108. The van der Waals surface area contributed by atoms with Crippen molar-refractivity contribution in [3.63, 3.8) is 0 Å². The van der Waals surface area contributed by atoms with Gasteiger partial charge in [0.2, 0.25) is 0 Å². The summed E-state index contributed by atoms with van der Waals surface area (Å²) in [5, 5.41) is 8.35. The van der Waals surface area contributed by atoms with E-state index in [2.05, 4.69) is 0 Å². The van der Waals surface area contributed by atoms with Crippen molar-refractivity contribution in [3.8, 4) is 0 Å². The molecule has 8 heavy (non-hydrogen) atoms. The molecular weight excluding hydrogens is 170 g/mol. The Morgan fingerprint density at radius 2 is 1.75 bits per heavy atom. The summed E-state index contributed by atoms with van der Waals surface area (Å²) in [6.07, 6.45) is -0.389. The molecule has 0 aromatic carbocycles. The predicted molar refractivity (Wildman–Crippen MR) is 36.1 cm³/mol. The van der Waals surface area contributed by atoms with Crippen molar-refractivity contribution >= 4 is 30.3 Å². The van der Waals surface area contributed by atoms with Gasteiger partial charge in [-0.25, -0.2) is 0 Å². The number of halogens is 2. The summed E-state index contributed by atoms with van der Waals surface area (Å²) < 4.78 is 10.8. The van der Waals surface area contributed by atoms with Gasteiger partial charge >= 0.3 is 0 Å². The molecule has 0 fully saturated rings. The number of alkyl halides is 2. The van der Waals surface area contributed by atoms with Crippen LogP contribution >= 0.6 is 30.3 Å². The SMILES string of the molecule is O=P(CO)(CCl)CCl. The fraction of sp³-hybridized carbons (Fsp3) is 1.00. The second kappa shape index (κ2) is 3.73. The van der Waals surface area contributed by atoms with Crippen molar-refractivity contribution in [2.24, 2.45) is 0 Å². The van der Waals surface area contributed by atoms with E-state index in [4.69, 9.17) is 28.3 Å². The molecule has 0 bridgehead atoms. The average Bonchev–Trinajstić information content (AvgIpc) is 1.87. The maximum Gasteiger partial charge on any atom is 0.140 e. The fourth-order valence-corrected chi connectivity index (χ4v) is 1.54. The molecular formula is C3H7Cl2O2P. The molecule has 0 saturated heterocycles. The first kappa shape index (κ1) is 8.77. The number of hydrogen-bond acceptors (Lipinski definition) is 2. The van der Waals surface area contributed by atoms with Crippen molar-refractivity contribution in [1.82, 2.24) is 0 Å². The topological polar surface area (TPSA) is 37.3 Å². The third kappa shape index (κ3) is 2.36. The van der Waals surface area contributed by atoms with Crippen LogP contribution in [-0.2, 0) is 4.57 Å². The van der Waals surface area contributed by atoms with Gasteiger partial charge < -0.3 is 9.67 Å². The Morgan fingerprint density at radius 3 is 1.75 bits per heavy atom. The van der Waals surface area contributed by atoms with Gasteiger partial charge in [0, 0.05) is 0 Å². The van der Waals surface area contributed by atoms with E-state index >= 15 is 0 Å². The smallest absolute Gasteiger partial charge is 0.140 e. The minimum atomic E-state index is -2.58. The Labute approximate surface area is 58.2 Å². The number of rotatable bonds is 3. The minimum Gasteiger partial charge on any atom is -0.389 e. The molecule has 0 atom stereocenters. The minimum absolute atomic E-state index is 0.0347. The van der Waals surface area contributed by atoms with E-state index in [1.807, 2.05) is 0 Å². The Bertz CT molecular complexity index is 86.4. The molecule has 0 unspecified atom stereocenters. The highest BCUT2D eigenvalue weighted by atomic mass is 35.5. The van der Waals surface area contributed by atoms with Crippen LogP contribution in [0.1, 0.15) is 0 Å². The number of hydrogen-bond donors (Lipinski definition) is 1. The highest BCUT2D eigenvalue weighted by Crippen LogP contribution is 2.45. The number of aliphatic hydroxyl groups excluding tert-OH is 1. The van der Waals surface area contributed by atoms with E-state index in [0.717, 1.165) is 0 Å². The zero-order valence-electron chi connectivity index (χ0n) is 4.18. The lowest BCUT2D eigenvalue weighted by atomic mass is 11.7. The van der Waals surface area contributed by atoms with E-state index in [1.54, 1.807) is 0 Å². The van der Waals surface area contributed by atoms with Crippen LogP contribution < -0.4 is 0 Å². The van der Waals surface area contributed by atoms with Crippen LogP contribution in [0, 0.1) is 0 Å². The lowest BCUT2D eigenvalue weighted by Gasteiger charge is -2.04. The largest absolute Gasteiger partial charge is 0.389 e. The van der Waals surface area contributed by atoms with Crippen LogP contribution in [0.15, 0.2) is 0 Å². The molecule has 0 radical (unpaired) electrons. The van der Waals surface area contributed by atoms with E-state index in [1.165, 1.54) is 0 Å². The molecule has 5 heteroatoms. The first-order valence-electron chi connectivity index (χ1n) is 1.98. The highest BCUT2D eigenvalue weighted by Gasteiger charge is 2.16. The van der Waals surface area contributed by atoms with Gasteiger partial charge in [0.25, 0.3) is 0 Å². The summed E-state index contributed by atoms with van der Waals surface area (Å²) >= 11 is 10.4. The lowest BCUT2D eigenvalue weighted by Crippen LogP contribution is -1.89. The summed E-state index contributed by atoms with van der Waals surface area (Å²) in [5.74, 6) is 0. The van der Waals surface area contributed by atoms with Gasteiger partial charge in [0.05, 0.1) is 17.6 Å². The van der Waals surface area contributed by atoms with E-state index < -0.39 is 7.14 Å². The molecule has 0 saturated carbocycles. The molecule has 0 spiro atoms. The average molecular weight is 177 g/mol. The standard InChI is InChI=1S/C3H7Cl2O2P/c4-1-8(7,2-5)3-6/h6H,1-3H2. The van der Waals surface area contributed by atoms with Crippen molar-refractivity contribution < 1.29 is 9.67 Å². The van der Waals surface area contributed by atoms with Gasteiger partial charge in [0.1, 0.15) is 7.14 Å². The maximum atomic E-state index is 10.8. The third-order valence-electron chi connectivity index (χ3n) is 0.693. The molecule has 0 aromatic heterocycles. The monoisotopic (exact) mass is 176 g/mol. The maximum absolute atomic E-state index is 10.8. The molecule has 0 heterocycles. The molecule has 0 amide bonds. The summed E-state index contributed by atoms with van der Waals surface area (Å²) in [5.41, 5.74) is -0.0694. The Morgan fingerprint density at radius 1 is 1.38 bits per heavy atom. The summed E-state index contributed by atoms with van der Waals surface area (Å²) in [4.78, 5) is 0. The van der Waals surface area contributed by atoms with Crippen LogP contribution in [0.4, 0.5) is 0 Å². The van der Waals surface area contributed by atoms with Crippen LogP contribution in [0.3, 0.4) is 0 Å².